The molecule has 2 amide bonds. The van der Waals surface area contributed by atoms with Crippen LogP contribution in [0.4, 0.5) is 0 Å². The van der Waals surface area contributed by atoms with Crippen LogP contribution in [0.3, 0.4) is 0 Å². The summed E-state index contributed by atoms with van der Waals surface area (Å²) in [7, 11) is 0. The van der Waals surface area contributed by atoms with Crippen LogP contribution in [-0.2, 0) is 4.79 Å². The predicted molar refractivity (Wildman–Crippen MR) is 111 cm³/mol. The van der Waals surface area contributed by atoms with E-state index in [1.807, 2.05) is 74.5 Å². The van der Waals surface area contributed by atoms with Crippen molar-refractivity contribution in [3.8, 4) is 0 Å². The number of hydrogen-bond acceptors (Lipinski definition) is 4. The van der Waals surface area contributed by atoms with Crippen LogP contribution in [0.2, 0.25) is 0 Å². The van der Waals surface area contributed by atoms with Gasteiger partial charge < -0.3 is 9.73 Å². The molecule has 0 aliphatic heterocycles. The van der Waals surface area contributed by atoms with Crippen molar-refractivity contribution in [3.63, 3.8) is 0 Å². The molecule has 148 valence electrons. The Morgan fingerprint density at radius 3 is 1.93 bits per heavy atom. The molecule has 0 aliphatic rings. The van der Waals surface area contributed by atoms with Gasteiger partial charge in [0.25, 0.3) is 11.8 Å². The summed E-state index contributed by atoms with van der Waals surface area (Å²) in [4.78, 5) is 25.1. The lowest BCUT2D eigenvalue weighted by Gasteiger charge is -2.20. The molecule has 1 atom stereocenters. The molecule has 6 heteroatoms. The molecule has 6 nitrogen and oxygen atoms in total. The Hall–Kier alpha value is -3.67. The van der Waals surface area contributed by atoms with Gasteiger partial charge in [0.1, 0.15) is 6.04 Å². The highest BCUT2D eigenvalue weighted by Gasteiger charge is 2.25. The summed E-state index contributed by atoms with van der Waals surface area (Å²) >= 11 is 0. The summed E-state index contributed by atoms with van der Waals surface area (Å²) in [6.45, 7) is 3.71. The Labute approximate surface area is 169 Å². The van der Waals surface area contributed by atoms with Crippen molar-refractivity contribution < 1.29 is 14.0 Å². The summed E-state index contributed by atoms with van der Waals surface area (Å²) in [6.07, 6.45) is 1.41. The van der Waals surface area contributed by atoms with Crippen LogP contribution in [0.25, 0.3) is 0 Å². The van der Waals surface area contributed by atoms with Gasteiger partial charge in [0.2, 0.25) is 0 Å². The zero-order chi connectivity index (χ0) is 20.6. The third-order valence-corrected chi connectivity index (χ3v) is 4.35. The number of rotatable bonds is 7. The molecule has 0 bridgehead atoms. The molecule has 0 radical (unpaired) electrons. The first-order valence-corrected chi connectivity index (χ1v) is 9.39. The van der Waals surface area contributed by atoms with Crippen LogP contribution >= 0.6 is 0 Å². The molecule has 2 aromatic carbocycles. The Kier molecular flexibility index (Phi) is 6.58. The van der Waals surface area contributed by atoms with Gasteiger partial charge in [-0.2, -0.15) is 5.10 Å². The summed E-state index contributed by atoms with van der Waals surface area (Å²) < 4.78 is 5.10. The number of carbonyl (C=O) groups excluding carboxylic acids is 2. The SMILES string of the molecule is CC(C)[C@H](NC(=O)c1ccco1)C(=O)NN=C(c1ccccc1)c1ccccc1. The van der Waals surface area contributed by atoms with E-state index in [1.165, 1.54) is 6.26 Å². The number of nitrogens with one attached hydrogen (secondary N) is 2. The molecule has 0 spiro atoms. The molecular weight excluding hydrogens is 366 g/mol. The molecule has 0 aliphatic carbocycles. The quantitative estimate of drug-likeness (QED) is 0.478. The van der Waals surface area contributed by atoms with Crippen molar-refractivity contribution in [3.05, 3.63) is 95.9 Å². The number of nitrogens with zero attached hydrogens (tertiary/aromatic N) is 1. The van der Waals surface area contributed by atoms with Gasteiger partial charge in [0, 0.05) is 11.1 Å². The highest BCUT2D eigenvalue weighted by atomic mass is 16.3. The van der Waals surface area contributed by atoms with Crippen molar-refractivity contribution in [2.24, 2.45) is 11.0 Å². The number of furan rings is 1. The maximum atomic E-state index is 12.8. The highest BCUT2D eigenvalue weighted by molar-refractivity contribution is 6.13. The van der Waals surface area contributed by atoms with Crippen LogP contribution in [0.1, 0.15) is 35.5 Å². The molecule has 3 rings (SSSR count). The summed E-state index contributed by atoms with van der Waals surface area (Å²) in [6, 6.07) is 21.6. The third kappa shape index (κ3) is 5.19. The molecular formula is C23H23N3O3. The van der Waals surface area contributed by atoms with Crippen LogP contribution in [-0.4, -0.2) is 23.6 Å². The van der Waals surface area contributed by atoms with Gasteiger partial charge in [-0.1, -0.05) is 74.5 Å². The van der Waals surface area contributed by atoms with Crippen molar-refractivity contribution in [1.82, 2.24) is 10.7 Å². The van der Waals surface area contributed by atoms with E-state index >= 15 is 0 Å². The van der Waals surface area contributed by atoms with E-state index in [1.54, 1.807) is 12.1 Å². The van der Waals surface area contributed by atoms with Crippen LogP contribution in [0, 0.1) is 5.92 Å². The van der Waals surface area contributed by atoms with E-state index in [4.69, 9.17) is 4.42 Å². The molecule has 0 unspecified atom stereocenters. The van der Waals surface area contributed by atoms with E-state index in [0.29, 0.717) is 5.71 Å². The lowest BCUT2D eigenvalue weighted by molar-refractivity contribution is -0.123. The topological polar surface area (TPSA) is 83.7 Å². The predicted octanol–water partition coefficient (Wildman–Crippen LogP) is 3.60. The summed E-state index contributed by atoms with van der Waals surface area (Å²) in [5.41, 5.74) is 5.00. The lowest BCUT2D eigenvalue weighted by atomic mass is 10.0. The first-order chi connectivity index (χ1) is 14.1. The van der Waals surface area contributed by atoms with Crippen molar-refractivity contribution >= 4 is 17.5 Å². The fourth-order valence-corrected chi connectivity index (χ4v) is 2.82. The number of hydrogen-bond donors (Lipinski definition) is 2. The van der Waals surface area contributed by atoms with Gasteiger partial charge >= 0.3 is 0 Å². The second-order valence-electron chi connectivity index (χ2n) is 6.84. The van der Waals surface area contributed by atoms with Crippen molar-refractivity contribution in [2.75, 3.05) is 0 Å². The maximum Gasteiger partial charge on any atom is 0.287 e. The third-order valence-electron chi connectivity index (χ3n) is 4.35. The second-order valence-corrected chi connectivity index (χ2v) is 6.84. The van der Waals surface area contributed by atoms with E-state index in [2.05, 4.69) is 15.8 Å². The Bertz CT molecular complexity index is 924. The minimum atomic E-state index is -0.760. The van der Waals surface area contributed by atoms with Gasteiger partial charge in [-0.15, -0.1) is 0 Å². The number of hydrazone groups is 1. The second kappa shape index (κ2) is 9.50. The fourth-order valence-electron chi connectivity index (χ4n) is 2.82. The summed E-state index contributed by atoms with van der Waals surface area (Å²) in [5, 5.41) is 7.09. The van der Waals surface area contributed by atoms with Crippen LogP contribution < -0.4 is 10.7 Å². The normalized spacial score (nSPS) is 11.6. The molecule has 1 heterocycles. The minimum absolute atomic E-state index is 0.138. The Balaban J connectivity index is 1.81. The first kappa shape index (κ1) is 20.1. The van der Waals surface area contributed by atoms with E-state index in [0.717, 1.165) is 11.1 Å². The first-order valence-electron chi connectivity index (χ1n) is 9.39. The van der Waals surface area contributed by atoms with Crippen LogP contribution in [0.5, 0.6) is 0 Å². The zero-order valence-corrected chi connectivity index (χ0v) is 16.3. The van der Waals surface area contributed by atoms with Gasteiger partial charge in [-0.25, -0.2) is 5.43 Å². The van der Waals surface area contributed by atoms with Crippen molar-refractivity contribution in [2.45, 2.75) is 19.9 Å². The largest absolute Gasteiger partial charge is 0.459 e. The smallest absolute Gasteiger partial charge is 0.287 e. The molecule has 2 N–H and O–H groups in total. The minimum Gasteiger partial charge on any atom is -0.459 e. The van der Waals surface area contributed by atoms with E-state index < -0.39 is 17.9 Å². The van der Waals surface area contributed by atoms with E-state index in [9.17, 15) is 9.59 Å². The highest BCUT2D eigenvalue weighted by Crippen LogP contribution is 2.11. The Morgan fingerprint density at radius 2 is 1.45 bits per heavy atom. The molecule has 0 fully saturated rings. The average molecular weight is 389 g/mol. The van der Waals surface area contributed by atoms with Crippen LogP contribution in [0.15, 0.2) is 88.6 Å². The van der Waals surface area contributed by atoms with Crippen molar-refractivity contribution in [1.29, 1.82) is 0 Å². The van der Waals surface area contributed by atoms with Gasteiger partial charge in [0.15, 0.2) is 5.76 Å². The molecule has 3 aromatic rings. The monoisotopic (exact) mass is 389 g/mol. The average Bonchev–Trinajstić information content (AvgIpc) is 3.28. The standard InChI is InChI=1S/C23H23N3O3/c1-16(2)20(24-22(27)19-14-9-15-29-19)23(28)26-25-21(17-10-5-3-6-11-17)18-12-7-4-8-13-18/h3-16,20H,1-2H3,(H,24,27)(H,26,28)/t20-/m0/s1. The summed E-state index contributed by atoms with van der Waals surface area (Å²) in [5.74, 6) is -0.828. The molecule has 1 aromatic heterocycles. The van der Waals surface area contributed by atoms with E-state index in [-0.39, 0.29) is 11.7 Å². The lowest BCUT2D eigenvalue weighted by Crippen LogP contribution is -2.48. The van der Waals surface area contributed by atoms with Gasteiger partial charge in [-0.3, -0.25) is 9.59 Å². The molecule has 0 saturated heterocycles. The zero-order valence-electron chi connectivity index (χ0n) is 16.3. The molecule has 29 heavy (non-hydrogen) atoms. The van der Waals surface area contributed by atoms with Gasteiger partial charge in [0.05, 0.1) is 12.0 Å². The number of amides is 2. The van der Waals surface area contributed by atoms with Gasteiger partial charge in [-0.05, 0) is 18.1 Å². The fraction of sp³-hybridized carbons (Fsp3) is 0.174. The Morgan fingerprint density at radius 1 is 0.862 bits per heavy atom. The molecule has 0 saturated carbocycles. The number of carbonyl (C=O) groups is 2. The maximum absolute atomic E-state index is 12.8. The number of benzene rings is 2.